The molecule has 3 aromatic rings. The van der Waals surface area contributed by atoms with E-state index in [4.69, 9.17) is 10.0 Å². The molecule has 152 valence electrons. The first-order valence-corrected chi connectivity index (χ1v) is 10.8. The Balaban J connectivity index is 2.19. The van der Waals surface area contributed by atoms with E-state index in [2.05, 4.69) is 0 Å². The summed E-state index contributed by atoms with van der Waals surface area (Å²) < 4.78 is 28.4. The van der Waals surface area contributed by atoms with Crippen molar-refractivity contribution >= 4 is 26.7 Å². The first-order chi connectivity index (χ1) is 13.5. The highest BCUT2D eigenvalue weighted by atomic mass is 32.2. The third-order valence-corrected chi connectivity index (χ3v) is 5.09. The molecule has 0 amide bonds. The minimum Gasteiger partial charge on any atom is -0.324 e. The van der Waals surface area contributed by atoms with Crippen LogP contribution in [0.4, 0.5) is 0 Å². The average molecular weight is 414 g/mol. The summed E-state index contributed by atoms with van der Waals surface area (Å²) >= 11 is 0. The van der Waals surface area contributed by atoms with Crippen LogP contribution in [0, 0.1) is 13.8 Å². The van der Waals surface area contributed by atoms with Gasteiger partial charge >= 0.3 is 10.1 Å². The van der Waals surface area contributed by atoms with Gasteiger partial charge in [0.1, 0.15) is 0 Å². The molecule has 8 heteroatoms. The van der Waals surface area contributed by atoms with E-state index in [0.717, 1.165) is 17.4 Å². The molecule has 0 radical (unpaired) electrons. The fourth-order valence-corrected chi connectivity index (χ4v) is 3.70. The number of aromatic nitrogens is 1. The van der Waals surface area contributed by atoms with Gasteiger partial charge in [0.2, 0.25) is 0 Å². The minimum atomic E-state index is -3.89. The Bertz CT molecular complexity index is 1290. The molecule has 0 saturated heterocycles. The predicted molar refractivity (Wildman–Crippen MR) is 112 cm³/mol. The maximum absolute atomic E-state index is 13.2. The molecule has 7 nitrogen and oxygen atoms in total. The van der Waals surface area contributed by atoms with Gasteiger partial charge in [-0.15, -0.1) is 4.73 Å². The molecular formula is C21H22N2O5S. The SMILES string of the molecule is Cc1cc([C@@H](C)N)ccc1C(=O)c1cccc2c(=O)n(OS(C)(=O)=O)c(C)cc12. The Morgan fingerprint density at radius 1 is 1.07 bits per heavy atom. The number of pyridine rings is 1. The molecule has 2 N–H and O–H groups in total. The molecule has 0 bridgehead atoms. The van der Waals surface area contributed by atoms with E-state index in [0.29, 0.717) is 21.2 Å². The third kappa shape index (κ3) is 4.08. The van der Waals surface area contributed by atoms with Gasteiger partial charge in [-0.3, -0.25) is 13.9 Å². The number of fused-ring (bicyclic) bond motifs is 1. The van der Waals surface area contributed by atoms with E-state index in [1.165, 1.54) is 13.0 Å². The highest BCUT2D eigenvalue weighted by molar-refractivity contribution is 7.86. The van der Waals surface area contributed by atoms with Crippen molar-refractivity contribution in [3.63, 3.8) is 0 Å². The lowest BCUT2D eigenvalue weighted by Gasteiger charge is -2.14. The second-order valence-electron chi connectivity index (χ2n) is 7.12. The van der Waals surface area contributed by atoms with Crippen LogP contribution < -0.4 is 15.6 Å². The number of benzene rings is 2. The standard InChI is InChI=1S/C21H22N2O5S/c1-12-10-15(14(3)22)8-9-16(12)20(24)17-6-5-7-18-19(17)11-13(2)23(21(18)25)28-29(4,26)27/h5-11,14H,22H2,1-4H3/t14-/m1/s1. The van der Waals surface area contributed by atoms with E-state index in [1.807, 2.05) is 26.0 Å². The monoisotopic (exact) mass is 414 g/mol. The summed E-state index contributed by atoms with van der Waals surface area (Å²) in [5.41, 5.74) is 8.09. The van der Waals surface area contributed by atoms with Crippen molar-refractivity contribution in [3.05, 3.63) is 80.8 Å². The number of nitrogens with two attached hydrogens (primary N) is 1. The van der Waals surface area contributed by atoms with Crippen molar-refractivity contribution in [2.45, 2.75) is 26.8 Å². The Morgan fingerprint density at radius 3 is 2.34 bits per heavy atom. The van der Waals surface area contributed by atoms with Gasteiger partial charge in [-0.25, -0.2) is 0 Å². The molecule has 0 fully saturated rings. The van der Waals surface area contributed by atoms with Crippen LogP contribution in [-0.4, -0.2) is 25.2 Å². The Labute approximate surface area is 168 Å². The molecule has 3 rings (SSSR count). The van der Waals surface area contributed by atoms with Crippen molar-refractivity contribution in [2.75, 3.05) is 6.26 Å². The van der Waals surface area contributed by atoms with E-state index in [9.17, 15) is 18.0 Å². The predicted octanol–water partition coefficient (Wildman–Crippen LogP) is 2.26. The van der Waals surface area contributed by atoms with Gasteiger partial charge in [0, 0.05) is 22.6 Å². The molecular weight excluding hydrogens is 392 g/mol. The van der Waals surface area contributed by atoms with Crippen molar-refractivity contribution < 1.29 is 17.5 Å². The number of rotatable bonds is 5. The van der Waals surface area contributed by atoms with Crippen LogP contribution in [0.5, 0.6) is 0 Å². The number of carbonyl (C=O) groups excluding carboxylic acids is 1. The van der Waals surface area contributed by atoms with Crippen LogP contribution in [0.15, 0.2) is 47.3 Å². The van der Waals surface area contributed by atoms with Gasteiger partial charge in [-0.1, -0.05) is 30.3 Å². The zero-order valence-electron chi connectivity index (χ0n) is 16.6. The van der Waals surface area contributed by atoms with E-state index in [1.54, 1.807) is 24.3 Å². The number of hydrogen-bond donors (Lipinski definition) is 1. The molecule has 29 heavy (non-hydrogen) atoms. The summed E-state index contributed by atoms with van der Waals surface area (Å²) in [6, 6.07) is 11.6. The molecule has 0 aliphatic rings. The molecule has 0 aliphatic carbocycles. The fourth-order valence-electron chi connectivity index (χ4n) is 3.24. The lowest BCUT2D eigenvalue weighted by Crippen LogP contribution is -2.32. The normalized spacial score (nSPS) is 12.7. The number of nitrogens with zero attached hydrogens (tertiary/aromatic N) is 1. The Morgan fingerprint density at radius 2 is 1.76 bits per heavy atom. The van der Waals surface area contributed by atoms with Crippen molar-refractivity contribution in [3.8, 4) is 0 Å². The van der Waals surface area contributed by atoms with Crippen LogP contribution in [0.1, 0.15) is 45.7 Å². The fraction of sp³-hybridized carbons (Fsp3) is 0.238. The Kier molecular flexibility index (Phi) is 5.34. The molecule has 1 heterocycles. The molecule has 0 spiro atoms. The first kappa shape index (κ1) is 20.8. The summed E-state index contributed by atoms with van der Waals surface area (Å²) in [7, 11) is -3.89. The number of aryl methyl sites for hydroxylation is 2. The van der Waals surface area contributed by atoms with E-state index < -0.39 is 15.7 Å². The number of carbonyl (C=O) groups is 1. The van der Waals surface area contributed by atoms with Crippen molar-refractivity contribution in [1.82, 2.24) is 4.73 Å². The van der Waals surface area contributed by atoms with Crippen LogP contribution in [0.25, 0.3) is 10.8 Å². The number of hydrogen-bond acceptors (Lipinski definition) is 6. The summed E-state index contributed by atoms with van der Waals surface area (Å²) in [6.45, 7) is 5.24. The lowest BCUT2D eigenvalue weighted by molar-refractivity contribution is 0.103. The molecule has 1 aromatic heterocycles. The van der Waals surface area contributed by atoms with Gasteiger partial charge in [0.05, 0.1) is 17.3 Å². The third-order valence-electron chi connectivity index (χ3n) is 4.67. The largest absolute Gasteiger partial charge is 0.324 e. The summed E-state index contributed by atoms with van der Waals surface area (Å²) in [4.78, 5) is 26.0. The quantitative estimate of drug-likeness (QED) is 0.642. The maximum atomic E-state index is 13.2. The zero-order valence-corrected chi connectivity index (χ0v) is 17.4. The van der Waals surface area contributed by atoms with E-state index >= 15 is 0 Å². The highest BCUT2D eigenvalue weighted by Crippen LogP contribution is 2.23. The van der Waals surface area contributed by atoms with Gasteiger partial charge < -0.3 is 5.73 Å². The molecule has 0 saturated carbocycles. The highest BCUT2D eigenvalue weighted by Gasteiger charge is 2.19. The molecule has 0 unspecified atom stereocenters. The van der Waals surface area contributed by atoms with Crippen molar-refractivity contribution in [1.29, 1.82) is 0 Å². The summed E-state index contributed by atoms with van der Waals surface area (Å²) in [6.07, 6.45) is 0.859. The van der Waals surface area contributed by atoms with Gasteiger partial charge in [0.25, 0.3) is 5.56 Å². The van der Waals surface area contributed by atoms with Crippen LogP contribution in [-0.2, 0) is 10.1 Å². The second kappa shape index (κ2) is 7.46. The van der Waals surface area contributed by atoms with Crippen LogP contribution in [0.2, 0.25) is 0 Å². The lowest BCUT2D eigenvalue weighted by atomic mass is 9.93. The second-order valence-corrected chi connectivity index (χ2v) is 8.68. The summed E-state index contributed by atoms with van der Waals surface area (Å²) in [5, 5.41) is 0.624. The van der Waals surface area contributed by atoms with E-state index in [-0.39, 0.29) is 22.9 Å². The van der Waals surface area contributed by atoms with Gasteiger partial charge in [-0.05, 0) is 44.0 Å². The maximum Gasteiger partial charge on any atom is 0.324 e. The Hall–Kier alpha value is -2.97. The van der Waals surface area contributed by atoms with Crippen LogP contribution in [0.3, 0.4) is 0 Å². The van der Waals surface area contributed by atoms with Gasteiger partial charge in [-0.2, -0.15) is 8.42 Å². The minimum absolute atomic E-state index is 0.147. The number of ketones is 1. The van der Waals surface area contributed by atoms with Crippen LogP contribution >= 0.6 is 0 Å². The smallest absolute Gasteiger partial charge is 0.324 e. The summed E-state index contributed by atoms with van der Waals surface area (Å²) in [5.74, 6) is -0.232. The average Bonchev–Trinajstić information content (AvgIpc) is 2.63. The zero-order chi connectivity index (χ0) is 21.5. The molecule has 0 aliphatic heterocycles. The first-order valence-electron chi connectivity index (χ1n) is 8.96. The molecule has 2 aromatic carbocycles. The van der Waals surface area contributed by atoms with Gasteiger partial charge in [0.15, 0.2) is 5.78 Å². The van der Waals surface area contributed by atoms with Crippen molar-refractivity contribution in [2.24, 2.45) is 5.73 Å². The molecule has 1 atom stereocenters. The topological polar surface area (TPSA) is 108 Å².